The van der Waals surface area contributed by atoms with Crippen molar-refractivity contribution >= 4 is 17.7 Å². The summed E-state index contributed by atoms with van der Waals surface area (Å²) in [5, 5.41) is 13.2. The zero-order valence-corrected chi connectivity index (χ0v) is 16.9. The van der Waals surface area contributed by atoms with Gasteiger partial charge in [0.1, 0.15) is 11.7 Å². The van der Waals surface area contributed by atoms with Crippen molar-refractivity contribution in [2.45, 2.75) is 33.1 Å². The van der Waals surface area contributed by atoms with E-state index in [4.69, 9.17) is 9.47 Å². The number of methoxy groups -OCH3 is 1. The molecule has 0 radical (unpaired) electrons. The summed E-state index contributed by atoms with van der Waals surface area (Å²) in [6.45, 7) is 5.48. The van der Waals surface area contributed by atoms with Crippen LogP contribution in [0.5, 0.6) is 5.75 Å². The van der Waals surface area contributed by atoms with E-state index in [1.54, 1.807) is 26.0 Å². The lowest BCUT2D eigenvalue weighted by atomic mass is 9.69. The Morgan fingerprint density at radius 1 is 1.31 bits per heavy atom. The Morgan fingerprint density at radius 2 is 2.03 bits per heavy atom. The van der Waals surface area contributed by atoms with Gasteiger partial charge in [-0.15, -0.1) is 0 Å². The molecule has 7 nitrogen and oxygen atoms in total. The molecule has 29 heavy (non-hydrogen) atoms. The Balaban J connectivity index is 2.19. The number of benzene rings is 1. The van der Waals surface area contributed by atoms with E-state index in [1.165, 1.54) is 19.2 Å². The zero-order chi connectivity index (χ0) is 21.3. The minimum absolute atomic E-state index is 0.0187. The van der Waals surface area contributed by atoms with Crippen molar-refractivity contribution in [1.82, 2.24) is 5.32 Å². The molecule has 154 valence electrons. The monoisotopic (exact) mass is 399 g/mol. The topological polar surface area (TPSA) is 102 Å². The highest BCUT2D eigenvalue weighted by Gasteiger charge is 2.47. The van der Waals surface area contributed by atoms with Gasteiger partial charge in [0.05, 0.1) is 19.3 Å². The van der Waals surface area contributed by atoms with Crippen molar-refractivity contribution < 1.29 is 29.0 Å². The molecule has 0 unspecified atom stereocenters. The van der Waals surface area contributed by atoms with E-state index in [0.717, 1.165) is 0 Å². The number of carbonyl (C=O) groups is 3. The Kier molecular flexibility index (Phi) is 5.77. The van der Waals surface area contributed by atoms with Crippen LogP contribution < -0.4 is 5.32 Å². The number of phenols is 1. The summed E-state index contributed by atoms with van der Waals surface area (Å²) in [6, 6.07) is 6.43. The zero-order valence-electron chi connectivity index (χ0n) is 16.9. The average molecular weight is 399 g/mol. The smallest absolute Gasteiger partial charge is 0.336 e. The van der Waals surface area contributed by atoms with Crippen LogP contribution in [0.15, 0.2) is 46.8 Å². The van der Waals surface area contributed by atoms with Crippen LogP contribution >= 0.6 is 0 Å². The van der Waals surface area contributed by atoms with Crippen LogP contribution in [0.3, 0.4) is 0 Å². The maximum absolute atomic E-state index is 13.4. The van der Waals surface area contributed by atoms with Gasteiger partial charge in [0.2, 0.25) is 0 Å². The first-order valence-corrected chi connectivity index (χ1v) is 9.59. The molecule has 7 heteroatoms. The Hall–Kier alpha value is -3.09. The molecule has 0 spiro atoms. The van der Waals surface area contributed by atoms with Gasteiger partial charge in [-0.3, -0.25) is 9.59 Å². The van der Waals surface area contributed by atoms with E-state index in [-0.39, 0.29) is 24.1 Å². The average Bonchev–Trinajstić information content (AvgIpc) is 2.66. The number of aromatic hydroxyl groups is 1. The highest BCUT2D eigenvalue weighted by Crippen LogP contribution is 2.45. The Bertz CT molecular complexity index is 929. The number of allylic oxidation sites excluding steroid dienone is 3. The lowest BCUT2D eigenvalue weighted by Gasteiger charge is -2.38. The molecule has 1 aromatic rings. The summed E-state index contributed by atoms with van der Waals surface area (Å²) in [5.41, 5.74) is 2.49. The molecule has 1 aliphatic carbocycles. The molecule has 3 rings (SSSR count). The number of phenolic OH excluding ortho intramolecular Hbond substituents is 1. The number of nitrogens with one attached hydrogen (secondary N) is 1. The summed E-state index contributed by atoms with van der Waals surface area (Å²) in [6.07, 6.45) is 0.462. The standard InChI is InChI=1S/C22H25NO6/c1-5-29-22(27)17-12(3)23-15-9-11(2)16(21(26)28-4)20(25)19(15)18(17)13-7-6-8-14(24)10-13/h6-8,10-11,16,18,23-24H,5,9H2,1-4H3/t11-,16+,18+/m0/s1. The van der Waals surface area contributed by atoms with Gasteiger partial charge in [-0.2, -0.15) is 0 Å². The van der Waals surface area contributed by atoms with Crippen LogP contribution in [0.4, 0.5) is 0 Å². The highest BCUT2D eigenvalue weighted by atomic mass is 16.5. The highest BCUT2D eigenvalue weighted by molar-refractivity contribution is 6.12. The lowest BCUT2D eigenvalue weighted by Crippen LogP contribution is -2.43. The van der Waals surface area contributed by atoms with Crippen LogP contribution in [0.1, 0.15) is 38.7 Å². The molecule has 0 saturated carbocycles. The van der Waals surface area contributed by atoms with Crippen LogP contribution in [-0.4, -0.2) is 36.5 Å². The number of carbonyl (C=O) groups excluding carboxylic acids is 3. The second-order valence-electron chi connectivity index (χ2n) is 7.35. The molecule has 0 saturated heterocycles. The molecule has 0 bridgehead atoms. The molecule has 1 aliphatic heterocycles. The first-order valence-electron chi connectivity index (χ1n) is 9.59. The third kappa shape index (κ3) is 3.64. The van der Waals surface area contributed by atoms with Crippen molar-refractivity contribution in [2.24, 2.45) is 11.8 Å². The van der Waals surface area contributed by atoms with Gasteiger partial charge in [-0.25, -0.2) is 4.79 Å². The number of esters is 2. The van der Waals surface area contributed by atoms with Crippen molar-refractivity contribution in [3.05, 3.63) is 52.4 Å². The number of ether oxygens (including phenoxy) is 2. The third-order valence-corrected chi connectivity index (χ3v) is 5.44. The largest absolute Gasteiger partial charge is 0.508 e. The van der Waals surface area contributed by atoms with Crippen molar-refractivity contribution in [3.8, 4) is 5.75 Å². The maximum atomic E-state index is 13.4. The first-order chi connectivity index (χ1) is 13.8. The van der Waals surface area contributed by atoms with Crippen LogP contribution in [0.25, 0.3) is 0 Å². The van der Waals surface area contributed by atoms with Gasteiger partial charge in [0.15, 0.2) is 5.78 Å². The summed E-state index contributed by atoms with van der Waals surface area (Å²) < 4.78 is 10.1. The Labute approximate surface area is 169 Å². The second-order valence-corrected chi connectivity index (χ2v) is 7.35. The van der Waals surface area contributed by atoms with Gasteiger partial charge in [0.25, 0.3) is 0 Å². The van der Waals surface area contributed by atoms with E-state index in [9.17, 15) is 19.5 Å². The molecule has 3 atom stereocenters. The lowest BCUT2D eigenvalue weighted by molar-refractivity contribution is -0.151. The normalized spacial score (nSPS) is 24.0. The molecular formula is C22H25NO6. The van der Waals surface area contributed by atoms with E-state index < -0.39 is 23.8 Å². The predicted molar refractivity (Wildman–Crippen MR) is 105 cm³/mol. The van der Waals surface area contributed by atoms with Gasteiger partial charge >= 0.3 is 11.9 Å². The van der Waals surface area contributed by atoms with E-state index in [1.807, 2.05) is 6.92 Å². The number of ketones is 1. The quantitative estimate of drug-likeness (QED) is 0.593. The summed E-state index contributed by atoms with van der Waals surface area (Å²) in [5.74, 6) is -3.42. The minimum atomic E-state index is -0.942. The van der Waals surface area contributed by atoms with Crippen LogP contribution in [0, 0.1) is 11.8 Å². The number of hydrogen-bond acceptors (Lipinski definition) is 7. The van der Waals surface area contributed by atoms with Crippen LogP contribution in [-0.2, 0) is 23.9 Å². The molecule has 2 aliphatic rings. The fourth-order valence-corrected chi connectivity index (χ4v) is 4.20. The molecule has 0 aromatic heterocycles. The number of Topliss-reactive ketones (excluding diaryl/α,β-unsaturated/α-hetero) is 1. The second kappa shape index (κ2) is 8.11. The fourth-order valence-electron chi connectivity index (χ4n) is 4.20. The summed E-state index contributed by atoms with van der Waals surface area (Å²) in [4.78, 5) is 38.5. The predicted octanol–water partition coefficient (Wildman–Crippen LogP) is 2.57. The van der Waals surface area contributed by atoms with Gasteiger partial charge in [0, 0.05) is 22.9 Å². The number of dihydropyridines is 1. The van der Waals surface area contributed by atoms with Gasteiger partial charge < -0.3 is 19.9 Å². The van der Waals surface area contributed by atoms with E-state index in [0.29, 0.717) is 34.5 Å². The van der Waals surface area contributed by atoms with Crippen molar-refractivity contribution in [1.29, 1.82) is 0 Å². The summed E-state index contributed by atoms with van der Waals surface area (Å²) >= 11 is 0. The van der Waals surface area contributed by atoms with Gasteiger partial charge in [-0.05, 0) is 43.9 Å². The van der Waals surface area contributed by atoms with E-state index >= 15 is 0 Å². The minimum Gasteiger partial charge on any atom is -0.508 e. The van der Waals surface area contributed by atoms with Gasteiger partial charge in [-0.1, -0.05) is 19.1 Å². The SMILES string of the molecule is CCOC(=O)C1=C(C)NC2=C(C(=O)[C@H](C(=O)OC)[C@@H](C)C2)[C@@H]1c1cccc(O)c1. The Morgan fingerprint density at radius 3 is 2.66 bits per heavy atom. The molecule has 0 fully saturated rings. The van der Waals surface area contributed by atoms with Crippen molar-refractivity contribution in [3.63, 3.8) is 0 Å². The fraction of sp³-hybridized carbons (Fsp3) is 0.409. The molecule has 0 amide bonds. The molecule has 1 aromatic carbocycles. The van der Waals surface area contributed by atoms with E-state index in [2.05, 4.69) is 5.32 Å². The van der Waals surface area contributed by atoms with Crippen molar-refractivity contribution in [2.75, 3.05) is 13.7 Å². The molecule has 2 N–H and O–H groups in total. The summed E-state index contributed by atoms with van der Waals surface area (Å²) in [7, 11) is 1.26. The van der Waals surface area contributed by atoms with Crippen LogP contribution in [0.2, 0.25) is 0 Å². The number of rotatable bonds is 4. The maximum Gasteiger partial charge on any atom is 0.336 e. The molecular weight excluding hydrogens is 374 g/mol. The third-order valence-electron chi connectivity index (χ3n) is 5.44. The number of hydrogen-bond donors (Lipinski definition) is 2. The first kappa shape index (κ1) is 20.6. The molecule has 1 heterocycles.